The second-order valence-corrected chi connectivity index (χ2v) is 8.94. The van der Waals surface area contributed by atoms with Gasteiger partial charge < -0.3 is 4.39 Å². The lowest BCUT2D eigenvalue weighted by molar-refractivity contribution is -0.776. The Bertz CT molecular complexity index is 1260. The molecule has 0 spiro atoms. The molecule has 4 rings (SSSR count). The normalized spacial score (nSPS) is 16.0. The van der Waals surface area contributed by atoms with E-state index in [2.05, 4.69) is 6.08 Å². The SMILES string of the molecule is C[N+]1(C)CC=C(c2ccc([N+](=O)[O-])cc2)[B-]1(c1ccc([N+](=O)[O-])cc1)c1ccc([N+](=O)[O-])cc1. The number of nitro groups is 3. The van der Waals surface area contributed by atoms with Crippen LogP contribution in [0.2, 0.25) is 0 Å². The van der Waals surface area contributed by atoms with Crippen molar-refractivity contribution < 1.29 is 19.2 Å². The zero-order valence-corrected chi connectivity index (χ0v) is 18.5. The smallest absolute Gasteiger partial charge is 0.291 e. The highest BCUT2D eigenvalue weighted by atomic mass is 16.6. The van der Waals surface area contributed by atoms with Gasteiger partial charge in [0.1, 0.15) is 0 Å². The number of hydrogen-bond acceptors (Lipinski definition) is 6. The van der Waals surface area contributed by atoms with Gasteiger partial charge in [0.15, 0.2) is 0 Å². The largest absolute Gasteiger partial charge is 0.506 e. The number of rotatable bonds is 6. The lowest BCUT2D eigenvalue weighted by Gasteiger charge is -2.53. The minimum atomic E-state index is -1.81. The van der Waals surface area contributed by atoms with Crippen molar-refractivity contribution in [2.24, 2.45) is 0 Å². The van der Waals surface area contributed by atoms with Crippen molar-refractivity contribution in [3.63, 3.8) is 0 Å². The molecule has 34 heavy (non-hydrogen) atoms. The maximum absolute atomic E-state index is 11.3. The van der Waals surface area contributed by atoms with Crippen LogP contribution >= 0.6 is 0 Å². The summed E-state index contributed by atoms with van der Waals surface area (Å²) in [5.74, 6) is 0. The summed E-state index contributed by atoms with van der Waals surface area (Å²) in [6, 6.07) is 19.0. The van der Waals surface area contributed by atoms with E-state index in [9.17, 15) is 30.3 Å². The number of likely N-dealkylation sites (N-methyl/N-ethyl adjacent to an activating group) is 1. The highest BCUT2D eigenvalue weighted by Gasteiger charge is 2.51. The van der Waals surface area contributed by atoms with Crippen molar-refractivity contribution in [2.75, 3.05) is 20.6 Å². The van der Waals surface area contributed by atoms with Gasteiger partial charge >= 0.3 is 0 Å². The van der Waals surface area contributed by atoms with Crippen LogP contribution in [0.3, 0.4) is 0 Å². The third-order valence-electron chi connectivity index (χ3n) is 6.86. The van der Waals surface area contributed by atoms with Gasteiger partial charge in [-0.25, -0.2) is 0 Å². The Kier molecular flexibility index (Phi) is 5.50. The zero-order valence-electron chi connectivity index (χ0n) is 18.5. The summed E-state index contributed by atoms with van der Waals surface area (Å²) in [7, 11) is 4.08. The first kappa shape index (κ1) is 22.8. The Morgan fingerprint density at radius 2 is 1.00 bits per heavy atom. The van der Waals surface area contributed by atoms with Crippen molar-refractivity contribution in [1.29, 1.82) is 0 Å². The molecule has 0 fully saturated rings. The van der Waals surface area contributed by atoms with Crippen LogP contribution in [0.4, 0.5) is 17.1 Å². The second-order valence-electron chi connectivity index (χ2n) is 8.94. The van der Waals surface area contributed by atoms with E-state index in [1.165, 1.54) is 36.4 Å². The summed E-state index contributed by atoms with van der Waals surface area (Å²) in [6.45, 7) is 0.625. The van der Waals surface area contributed by atoms with Gasteiger partial charge in [0.05, 0.1) is 21.3 Å². The molecular weight excluding hydrogens is 439 g/mol. The lowest BCUT2D eigenvalue weighted by Crippen LogP contribution is -2.75. The predicted molar refractivity (Wildman–Crippen MR) is 129 cm³/mol. The molecule has 1 aliphatic rings. The quantitative estimate of drug-likeness (QED) is 0.316. The van der Waals surface area contributed by atoms with Crippen molar-refractivity contribution in [1.82, 2.24) is 0 Å². The number of nitrogens with zero attached hydrogens (tertiary/aromatic N) is 4. The molecule has 0 saturated heterocycles. The molecule has 0 amide bonds. The molecule has 0 saturated carbocycles. The molecule has 0 N–H and O–H groups in total. The molecule has 0 aromatic heterocycles. The average Bonchev–Trinajstić information content (AvgIpc) is 3.10. The average molecular weight is 460 g/mol. The maximum atomic E-state index is 11.3. The van der Waals surface area contributed by atoms with Gasteiger partial charge in [0.2, 0.25) is 0 Å². The fraction of sp³-hybridized carbons (Fsp3) is 0.130. The molecule has 0 unspecified atom stereocenters. The molecule has 0 radical (unpaired) electrons. The summed E-state index contributed by atoms with van der Waals surface area (Å²) in [6.07, 6.45) is 0.261. The Balaban J connectivity index is 1.98. The Morgan fingerprint density at radius 1 is 0.647 bits per heavy atom. The summed E-state index contributed by atoms with van der Waals surface area (Å²) < 4.78 is 0.460. The fourth-order valence-electron chi connectivity index (χ4n) is 5.28. The third-order valence-corrected chi connectivity index (χ3v) is 6.86. The van der Waals surface area contributed by atoms with Gasteiger partial charge in [-0.15, -0.1) is 16.4 Å². The van der Waals surface area contributed by atoms with Crippen LogP contribution in [0.25, 0.3) is 5.47 Å². The fourth-order valence-corrected chi connectivity index (χ4v) is 5.28. The summed E-state index contributed by atoms with van der Waals surface area (Å²) in [5.41, 5.74) is 3.25. The highest BCUT2D eigenvalue weighted by Crippen LogP contribution is 2.38. The van der Waals surface area contributed by atoms with Gasteiger partial charge in [0.25, 0.3) is 23.3 Å². The van der Waals surface area contributed by atoms with E-state index in [0.29, 0.717) is 10.9 Å². The molecule has 0 bridgehead atoms. The molecule has 0 atom stereocenters. The molecule has 1 aliphatic heterocycles. The van der Waals surface area contributed by atoms with Crippen molar-refractivity contribution in [2.45, 2.75) is 0 Å². The molecule has 11 heteroatoms. The lowest BCUT2D eigenvalue weighted by atomic mass is 9.22. The van der Waals surface area contributed by atoms with Crippen LogP contribution < -0.4 is 10.9 Å². The van der Waals surface area contributed by atoms with Gasteiger partial charge in [-0.05, 0) is 0 Å². The van der Waals surface area contributed by atoms with E-state index >= 15 is 0 Å². The van der Waals surface area contributed by atoms with Crippen molar-refractivity contribution >= 4 is 39.7 Å². The van der Waals surface area contributed by atoms with E-state index in [-0.39, 0.29) is 17.1 Å². The van der Waals surface area contributed by atoms with E-state index in [1.807, 2.05) is 14.1 Å². The topological polar surface area (TPSA) is 129 Å². The first-order chi connectivity index (χ1) is 16.1. The summed E-state index contributed by atoms with van der Waals surface area (Å²) >= 11 is 0. The highest BCUT2D eigenvalue weighted by molar-refractivity contribution is 7.10. The number of nitro benzene ring substituents is 3. The van der Waals surface area contributed by atoms with Crippen LogP contribution in [0.15, 0.2) is 78.9 Å². The minimum absolute atomic E-state index is 0.0279. The molecule has 1 heterocycles. The van der Waals surface area contributed by atoms with Crippen LogP contribution in [0, 0.1) is 30.3 Å². The van der Waals surface area contributed by atoms with Crippen LogP contribution in [-0.4, -0.2) is 46.1 Å². The van der Waals surface area contributed by atoms with Crippen molar-refractivity contribution in [3.05, 3.63) is 115 Å². The molecule has 3 aromatic carbocycles. The number of hydrogen-bond donors (Lipinski definition) is 0. The van der Waals surface area contributed by atoms with E-state index in [1.54, 1.807) is 36.4 Å². The van der Waals surface area contributed by atoms with Crippen LogP contribution in [-0.2, 0) is 0 Å². The first-order valence-electron chi connectivity index (χ1n) is 10.5. The zero-order chi connectivity index (χ0) is 24.7. The third kappa shape index (κ3) is 3.52. The number of non-ortho nitro benzene ring substituents is 3. The molecule has 0 aliphatic carbocycles. The van der Waals surface area contributed by atoms with E-state index in [4.69, 9.17) is 0 Å². The summed E-state index contributed by atoms with van der Waals surface area (Å²) in [5, 5.41) is 33.7. The van der Waals surface area contributed by atoms with Gasteiger partial charge in [0, 0.05) is 50.5 Å². The van der Waals surface area contributed by atoms with E-state index < -0.39 is 21.1 Å². The van der Waals surface area contributed by atoms with Crippen molar-refractivity contribution in [3.8, 4) is 0 Å². The van der Waals surface area contributed by atoms with Crippen LogP contribution in [0.5, 0.6) is 0 Å². The number of benzene rings is 3. The predicted octanol–water partition coefficient (Wildman–Crippen LogP) is 3.18. The monoisotopic (exact) mass is 460 g/mol. The molecule has 172 valence electrons. The van der Waals surface area contributed by atoms with Crippen LogP contribution in [0.1, 0.15) is 5.56 Å². The summed E-state index contributed by atoms with van der Waals surface area (Å²) in [4.78, 5) is 32.3. The van der Waals surface area contributed by atoms with Gasteiger partial charge in [-0.2, -0.15) is 0 Å². The Morgan fingerprint density at radius 3 is 1.35 bits per heavy atom. The number of quaternary nitrogens is 1. The maximum Gasteiger partial charge on any atom is 0.291 e. The molecule has 3 aromatic rings. The standard InChI is InChI=1S/C23H21BN4O6/c1-28(2)16-15-23(17-3-9-20(10-4-17)25(29)30)24(28,18-5-11-21(12-6-18)26(31)32)19-7-13-22(14-8-19)27(33)34/h3-15H,16H2,1-2H3. The second kappa shape index (κ2) is 8.20. The van der Waals surface area contributed by atoms with Gasteiger partial charge in [-0.1, -0.05) is 48.0 Å². The Labute approximate surface area is 194 Å². The van der Waals surface area contributed by atoms with E-state index in [0.717, 1.165) is 22.0 Å². The van der Waals surface area contributed by atoms with Gasteiger partial charge in [-0.3, -0.25) is 30.3 Å². The first-order valence-corrected chi connectivity index (χ1v) is 10.5. The molecule has 10 nitrogen and oxygen atoms in total. The Hall–Kier alpha value is -4.38. The molecular formula is C23H21BN4O6. The minimum Gasteiger partial charge on any atom is -0.506 e.